The minimum Gasteiger partial charge on any atom is -0.489 e. The van der Waals surface area contributed by atoms with E-state index < -0.39 is 25.4 Å². The van der Waals surface area contributed by atoms with Crippen molar-refractivity contribution in [3.8, 4) is 17.1 Å². The first-order valence-corrected chi connectivity index (χ1v) is 13.9. The zero-order valence-corrected chi connectivity index (χ0v) is 20.5. The summed E-state index contributed by atoms with van der Waals surface area (Å²) in [6.07, 6.45) is 1.01. The van der Waals surface area contributed by atoms with Crippen LogP contribution in [0.25, 0.3) is 11.4 Å². The first-order valence-electron chi connectivity index (χ1n) is 11.2. The van der Waals surface area contributed by atoms with Gasteiger partial charge in [-0.05, 0) is 37.9 Å². The average Bonchev–Trinajstić information content (AvgIpc) is 3.18. The number of ether oxygens (including phenoxy) is 1. The largest absolute Gasteiger partial charge is 0.489 e. The first kappa shape index (κ1) is 25.9. The molecule has 1 unspecified atom stereocenters. The Bertz CT molecular complexity index is 1110. The van der Waals surface area contributed by atoms with E-state index in [2.05, 4.69) is 22.0 Å². The summed E-state index contributed by atoms with van der Waals surface area (Å²) < 4.78 is 60.9. The fraction of sp³-hybridized carbons (Fsp3) is 0.458. The predicted molar refractivity (Wildman–Crippen MR) is 127 cm³/mol. The summed E-state index contributed by atoms with van der Waals surface area (Å²) in [7, 11) is -3.45. The monoisotopic (exact) mass is 494 g/mol. The summed E-state index contributed by atoms with van der Waals surface area (Å²) in [4.78, 5) is 8.51. The van der Waals surface area contributed by atoms with Crippen molar-refractivity contribution in [2.75, 3.05) is 13.3 Å². The summed E-state index contributed by atoms with van der Waals surface area (Å²) in [5, 5.41) is 4.51. The van der Waals surface area contributed by atoms with Gasteiger partial charge >= 0.3 is 6.18 Å². The number of hydrogen-bond acceptors (Lipinski definition) is 5. The van der Waals surface area contributed by atoms with Gasteiger partial charge in [0.2, 0.25) is 0 Å². The van der Waals surface area contributed by atoms with Gasteiger partial charge in [0.25, 0.3) is 0 Å². The zero-order valence-electron chi connectivity index (χ0n) is 19.6. The van der Waals surface area contributed by atoms with Crippen molar-refractivity contribution in [3.63, 3.8) is 0 Å². The van der Waals surface area contributed by atoms with E-state index in [-0.39, 0.29) is 5.82 Å². The third kappa shape index (κ3) is 7.16. The van der Waals surface area contributed by atoms with Crippen LogP contribution in [0, 0.1) is 0 Å². The Labute approximate surface area is 198 Å². The van der Waals surface area contributed by atoms with E-state index in [0.717, 1.165) is 24.8 Å². The van der Waals surface area contributed by atoms with Gasteiger partial charge in [-0.15, -0.1) is 0 Å². The van der Waals surface area contributed by atoms with Crippen molar-refractivity contribution in [2.24, 2.45) is 0 Å². The number of aryl methyl sites for hydroxylation is 1. The maximum absolute atomic E-state index is 13.7. The Balaban J connectivity index is 1.87. The lowest BCUT2D eigenvalue weighted by atomic mass is 10.2. The number of hydrogen-bond donors (Lipinski definition) is 0. The summed E-state index contributed by atoms with van der Waals surface area (Å²) in [6, 6.07) is 10.9. The van der Waals surface area contributed by atoms with E-state index in [1.165, 1.54) is 18.0 Å². The van der Waals surface area contributed by atoms with Crippen molar-refractivity contribution >= 4 is 7.14 Å². The number of rotatable bonds is 11. The highest BCUT2D eigenvalue weighted by Crippen LogP contribution is 2.51. The van der Waals surface area contributed by atoms with Gasteiger partial charge in [-0.2, -0.15) is 18.3 Å². The molecule has 184 valence electrons. The smallest absolute Gasteiger partial charge is 0.398 e. The van der Waals surface area contributed by atoms with Gasteiger partial charge in [-0.25, -0.2) is 9.67 Å². The quantitative estimate of drug-likeness (QED) is 0.234. The Morgan fingerprint density at radius 1 is 1.15 bits per heavy atom. The van der Waals surface area contributed by atoms with Crippen molar-refractivity contribution in [1.29, 1.82) is 0 Å². The molecule has 0 bridgehead atoms. The molecule has 6 nitrogen and oxygen atoms in total. The molecule has 0 aliphatic carbocycles. The molecular formula is C24H30F3N4O2P. The zero-order chi connectivity index (χ0) is 24.8. The van der Waals surface area contributed by atoms with E-state index >= 15 is 0 Å². The van der Waals surface area contributed by atoms with Crippen LogP contribution in [0.1, 0.15) is 37.6 Å². The number of alkyl halides is 3. The maximum Gasteiger partial charge on any atom is 0.398 e. The molecule has 1 atom stereocenters. The lowest BCUT2D eigenvalue weighted by Crippen LogP contribution is -2.31. The number of nitrogens with zero attached hydrogens (tertiary/aromatic N) is 4. The topological polar surface area (TPSA) is 69.9 Å². The summed E-state index contributed by atoms with van der Waals surface area (Å²) in [6.45, 7) is 5.18. The number of benzene rings is 1. The van der Waals surface area contributed by atoms with E-state index in [1.54, 1.807) is 36.7 Å². The second-order valence-corrected chi connectivity index (χ2v) is 12.1. The molecular weight excluding hydrogens is 464 g/mol. The van der Waals surface area contributed by atoms with Gasteiger partial charge in [0.15, 0.2) is 5.82 Å². The lowest BCUT2D eigenvalue weighted by Gasteiger charge is -2.23. The van der Waals surface area contributed by atoms with Crippen LogP contribution in [0.2, 0.25) is 0 Å². The molecule has 0 spiro atoms. The third-order valence-electron chi connectivity index (χ3n) is 5.45. The lowest BCUT2D eigenvalue weighted by molar-refractivity contribution is -0.130. The van der Waals surface area contributed by atoms with E-state index in [0.29, 0.717) is 30.3 Å². The Morgan fingerprint density at radius 3 is 2.59 bits per heavy atom. The molecule has 2 heterocycles. The van der Waals surface area contributed by atoms with Gasteiger partial charge < -0.3 is 9.30 Å². The van der Waals surface area contributed by atoms with E-state index in [4.69, 9.17) is 4.74 Å². The molecule has 0 saturated heterocycles. The van der Waals surface area contributed by atoms with Crippen LogP contribution in [0.15, 0.2) is 48.8 Å². The summed E-state index contributed by atoms with van der Waals surface area (Å²) in [5.41, 5.74) is -0.412. The molecule has 0 saturated carbocycles. The molecule has 0 fully saturated rings. The molecule has 3 rings (SSSR count). The fourth-order valence-corrected chi connectivity index (χ4v) is 4.88. The molecule has 0 amide bonds. The maximum atomic E-state index is 13.7. The van der Waals surface area contributed by atoms with Crippen LogP contribution < -0.4 is 4.74 Å². The van der Waals surface area contributed by atoms with Crippen LogP contribution in [0.3, 0.4) is 0 Å². The average molecular weight is 494 g/mol. The van der Waals surface area contributed by atoms with Gasteiger partial charge in [0, 0.05) is 36.5 Å². The normalized spacial score (nSPS) is 13.1. The van der Waals surface area contributed by atoms with Crippen LogP contribution in [0.4, 0.5) is 13.2 Å². The van der Waals surface area contributed by atoms with Crippen molar-refractivity contribution in [2.45, 2.75) is 57.6 Å². The van der Waals surface area contributed by atoms with Crippen molar-refractivity contribution in [1.82, 2.24) is 19.7 Å². The number of aromatic nitrogens is 4. The molecule has 2 aromatic heterocycles. The van der Waals surface area contributed by atoms with Gasteiger partial charge in [0.05, 0.1) is 7.14 Å². The third-order valence-corrected chi connectivity index (χ3v) is 7.42. The standard InChI is InChI=1S/C24H30F3N4O2P/c1-4-5-6-13-31-22(15-21(24(25,26)27)34(2,3)32)29-23(30-31)19-10-7-11-20(14-19)33-17-18-9-8-12-28-16-18/h7-12,14,16,21H,4-6,13,15,17H2,1-3H3. The molecule has 0 N–H and O–H groups in total. The first-order chi connectivity index (χ1) is 16.1. The second kappa shape index (κ2) is 11.2. The highest BCUT2D eigenvalue weighted by atomic mass is 31.2. The minimum absolute atomic E-state index is 0.194. The van der Waals surface area contributed by atoms with Gasteiger partial charge in [0.1, 0.15) is 23.8 Å². The van der Waals surface area contributed by atoms with Crippen LogP contribution in [-0.2, 0) is 24.1 Å². The summed E-state index contributed by atoms with van der Waals surface area (Å²) >= 11 is 0. The highest BCUT2D eigenvalue weighted by Gasteiger charge is 2.47. The Kier molecular flexibility index (Phi) is 8.52. The van der Waals surface area contributed by atoms with Crippen LogP contribution in [0.5, 0.6) is 5.75 Å². The van der Waals surface area contributed by atoms with Gasteiger partial charge in [-0.1, -0.05) is 38.0 Å². The predicted octanol–water partition coefficient (Wildman–Crippen LogP) is 6.21. The fourth-order valence-electron chi connectivity index (χ4n) is 3.57. The van der Waals surface area contributed by atoms with Crippen LogP contribution in [-0.4, -0.2) is 44.9 Å². The number of unbranched alkanes of at least 4 members (excludes halogenated alkanes) is 2. The van der Waals surface area contributed by atoms with Crippen molar-refractivity contribution < 1.29 is 22.5 Å². The van der Waals surface area contributed by atoms with E-state index in [9.17, 15) is 17.7 Å². The number of halogens is 3. The molecule has 0 aliphatic heterocycles. The molecule has 34 heavy (non-hydrogen) atoms. The molecule has 10 heteroatoms. The summed E-state index contributed by atoms with van der Waals surface area (Å²) in [5.74, 6) is 1.10. The Morgan fingerprint density at radius 2 is 1.94 bits per heavy atom. The molecule has 0 radical (unpaired) electrons. The molecule has 0 aliphatic rings. The van der Waals surface area contributed by atoms with Crippen LogP contribution >= 0.6 is 7.14 Å². The van der Waals surface area contributed by atoms with Gasteiger partial charge in [-0.3, -0.25) is 4.98 Å². The Hall–Kier alpha value is -2.67. The number of pyridine rings is 1. The van der Waals surface area contributed by atoms with E-state index in [1.807, 2.05) is 12.1 Å². The molecule has 3 aromatic rings. The van der Waals surface area contributed by atoms with Crippen molar-refractivity contribution in [3.05, 3.63) is 60.2 Å². The highest BCUT2D eigenvalue weighted by molar-refractivity contribution is 7.63. The SMILES string of the molecule is CCCCCn1nc(-c2cccc(OCc3cccnc3)c2)nc1CC(C(F)(F)F)P(C)(C)=O. The minimum atomic E-state index is -4.58. The molecule has 1 aromatic carbocycles. The second-order valence-electron chi connectivity index (χ2n) is 8.66.